The van der Waals surface area contributed by atoms with Crippen LogP contribution in [-0.4, -0.2) is 44.3 Å². The normalized spacial score (nSPS) is 28.9. The maximum absolute atomic E-state index is 12.3. The number of ether oxygens (including phenoxy) is 1. The van der Waals surface area contributed by atoms with Gasteiger partial charge in [-0.05, 0) is 26.2 Å². The molecule has 0 saturated carbocycles. The zero-order chi connectivity index (χ0) is 16.1. The fourth-order valence-corrected chi connectivity index (χ4v) is 3.41. The van der Waals surface area contributed by atoms with Gasteiger partial charge in [0.05, 0.1) is 37.0 Å². The molecule has 0 aromatic heterocycles. The molecule has 2 aliphatic heterocycles. The SMILES string of the molecule is CCOC(=O)C1=C(C[NH+]2CCC[C@H](C)C2)NC(=O)N[C@H]1CC. The van der Waals surface area contributed by atoms with Crippen LogP contribution < -0.4 is 15.5 Å². The van der Waals surface area contributed by atoms with E-state index in [1.54, 1.807) is 6.92 Å². The van der Waals surface area contributed by atoms with Gasteiger partial charge in [0.1, 0.15) is 6.54 Å². The Hall–Kier alpha value is -1.56. The average molecular weight is 310 g/mol. The molecular formula is C16H28N3O3+. The highest BCUT2D eigenvalue weighted by Gasteiger charge is 2.33. The predicted molar refractivity (Wildman–Crippen MR) is 83.4 cm³/mol. The standard InChI is InChI=1S/C16H27N3O3/c1-4-12-14(15(20)22-5-2)13(18-16(21)17-12)10-19-8-6-7-11(3)9-19/h11-12H,4-10H2,1-3H3,(H2,17,18,21)/p+1/t11-,12-/m0/s1. The summed E-state index contributed by atoms with van der Waals surface area (Å²) in [5.41, 5.74) is 1.33. The Kier molecular flexibility index (Phi) is 5.83. The Labute approximate surface area is 132 Å². The number of piperidine rings is 1. The van der Waals surface area contributed by atoms with E-state index in [-0.39, 0.29) is 18.0 Å². The molecule has 0 aliphatic carbocycles. The Morgan fingerprint density at radius 3 is 2.82 bits per heavy atom. The Balaban J connectivity index is 2.22. The van der Waals surface area contributed by atoms with Gasteiger partial charge >= 0.3 is 12.0 Å². The van der Waals surface area contributed by atoms with Crippen molar-refractivity contribution in [2.45, 2.75) is 46.1 Å². The van der Waals surface area contributed by atoms with Crippen LogP contribution in [0.4, 0.5) is 4.79 Å². The second-order valence-corrected chi connectivity index (χ2v) is 6.30. The third-order valence-electron chi connectivity index (χ3n) is 4.44. The van der Waals surface area contributed by atoms with Crippen molar-refractivity contribution in [1.82, 2.24) is 10.6 Å². The number of rotatable bonds is 5. The summed E-state index contributed by atoms with van der Waals surface area (Å²) < 4.78 is 5.19. The molecule has 0 radical (unpaired) electrons. The molecule has 1 saturated heterocycles. The van der Waals surface area contributed by atoms with Crippen LogP contribution in [0, 0.1) is 5.92 Å². The van der Waals surface area contributed by atoms with Gasteiger partial charge in [-0.15, -0.1) is 0 Å². The molecule has 124 valence electrons. The minimum Gasteiger partial charge on any atom is -0.463 e. The number of hydrogen-bond acceptors (Lipinski definition) is 3. The molecule has 6 heteroatoms. The maximum Gasteiger partial charge on any atom is 0.338 e. The smallest absolute Gasteiger partial charge is 0.338 e. The van der Waals surface area contributed by atoms with Crippen molar-refractivity contribution >= 4 is 12.0 Å². The lowest BCUT2D eigenvalue weighted by molar-refractivity contribution is -0.904. The first-order valence-corrected chi connectivity index (χ1v) is 8.36. The first-order chi connectivity index (χ1) is 10.5. The number of likely N-dealkylation sites (tertiary alicyclic amines) is 1. The fourth-order valence-electron chi connectivity index (χ4n) is 3.41. The quantitative estimate of drug-likeness (QED) is 0.636. The van der Waals surface area contributed by atoms with Gasteiger partial charge in [0, 0.05) is 5.92 Å². The van der Waals surface area contributed by atoms with Gasteiger partial charge in [-0.1, -0.05) is 13.8 Å². The number of carbonyl (C=O) groups excluding carboxylic acids is 2. The number of quaternary nitrogens is 1. The van der Waals surface area contributed by atoms with E-state index in [2.05, 4.69) is 17.6 Å². The van der Waals surface area contributed by atoms with Crippen molar-refractivity contribution in [3.63, 3.8) is 0 Å². The van der Waals surface area contributed by atoms with Gasteiger partial charge in [-0.3, -0.25) is 0 Å². The second kappa shape index (κ2) is 7.63. The fraction of sp³-hybridized carbons (Fsp3) is 0.750. The highest BCUT2D eigenvalue weighted by molar-refractivity contribution is 5.94. The second-order valence-electron chi connectivity index (χ2n) is 6.30. The molecule has 3 atom stereocenters. The molecule has 2 rings (SSSR count). The van der Waals surface area contributed by atoms with E-state index in [0.29, 0.717) is 31.1 Å². The average Bonchev–Trinajstić information content (AvgIpc) is 2.46. The molecule has 1 unspecified atom stereocenters. The number of carbonyl (C=O) groups is 2. The largest absolute Gasteiger partial charge is 0.463 e. The summed E-state index contributed by atoms with van der Waals surface area (Å²) in [6, 6.07) is -0.483. The van der Waals surface area contributed by atoms with E-state index in [1.165, 1.54) is 17.7 Å². The molecule has 6 nitrogen and oxygen atoms in total. The van der Waals surface area contributed by atoms with E-state index in [9.17, 15) is 9.59 Å². The summed E-state index contributed by atoms with van der Waals surface area (Å²) in [4.78, 5) is 25.6. The van der Waals surface area contributed by atoms with Crippen LogP contribution >= 0.6 is 0 Å². The molecule has 0 spiro atoms. The Bertz CT molecular complexity index is 462. The third kappa shape index (κ3) is 4.00. The van der Waals surface area contributed by atoms with Crippen molar-refractivity contribution in [1.29, 1.82) is 0 Å². The summed E-state index contributed by atoms with van der Waals surface area (Å²) in [7, 11) is 0. The van der Waals surface area contributed by atoms with Crippen LogP contribution in [0.5, 0.6) is 0 Å². The van der Waals surface area contributed by atoms with Gasteiger partial charge < -0.3 is 20.3 Å². The van der Waals surface area contributed by atoms with Crippen molar-refractivity contribution in [2.24, 2.45) is 5.92 Å². The van der Waals surface area contributed by atoms with E-state index < -0.39 is 0 Å². The van der Waals surface area contributed by atoms with E-state index in [1.807, 2.05) is 6.92 Å². The zero-order valence-electron chi connectivity index (χ0n) is 13.8. The van der Waals surface area contributed by atoms with Crippen LogP contribution in [0.25, 0.3) is 0 Å². The number of urea groups is 1. The molecule has 0 aromatic carbocycles. The van der Waals surface area contributed by atoms with E-state index >= 15 is 0 Å². The molecule has 2 heterocycles. The van der Waals surface area contributed by atoms with Crippen LogP contribution in [0.15, 0.2) is 11.3 Å². The molecule has 0 aromatic rings. The first-order valence-electron chi connectivity index (χ1n) is 8.36. The summed E-state index contributed by atoms with van der Waals surface area (Å²) in [6.07, 6.45) is 3.14. The molecule has 2 aliphatic rings. The summed E-state index contributed by atoms with van der Waals surface area (Å²) in [6.45, 7) is 9.21. The molecule has 1 fully saturated rings. The minimum absolute atomic E-state index is 0.223. The lowest BCUT2D eigenvalue weighted by atomic mass is 9.97. The number of hydrogen-bond donors (Lipinski definition) is 3. The molecular weight excluding hydrogens is 282 g/mol. The lowest BCUT2D eigenvalue weighted by Crippen LogP contribution is -3.14. The third-order valence-corrected chi connectivity index (χ3v) is 4.44. The molecule has 0 bridgehead atoms. The van der Waals surface area contributed by atoms with Crippen molar-refractivity contribution in [3.05, 3.63) is 11.3 Å². The summed E-state index contributed by atoms with van der Waals surface area (Å²) in [5, 5.41) is 5.65. The summed E-state index contributed by atoms with van der Waals surface area (Å²) >= 11 is 0. The molecule has 22 heavy (non-hydrogen) atoms. The topological polar surface area (TPSA) is 71.9 Å². The van der Waals surface area contributed by atoms with Crippen LogP contribution in [0.1, 0.15) is 40.0 Å². The predicted octanol–water partition coefficient (Wildman–Crippen LogP) is 0.210. The number of nitrogens with one attached hydrogen (secondary N) is 3. The lowest BCUT2D eigenvalue weighted by Gasteiger charge is -2.32. The molecule has 2 amide bonds. The Morgan fingerprint density at radius 2 is 2.18 bits per heavy atom. The van der Waals surface area contributed by atoms with Crippen LogP contribution in [0.3, 0.4) is 0 Å². The Morgan fingerprint density at radius 1 is 1.41 bits per heavy atom. The van der Waals surface area contributed by atoms with Gasteiger partial charge in [-0.2, -0.15) is 0 Å². The van der Waals surface area contributed by atoms with E-state index in [4.69, 9.17) is 4.74 Å². The van der Waals surface area contributed by atoms with Gasteiger partial charge in [0.15, 0.2) is 0 Å². The van der Waals surface area contributed by atoms with Crippen LogP contribution in [-0.2, 0) is 9.53 Å². The van der Waals surface area contributed by atoms with Crippen molar-refractivity contribution < 1.29 is 19.2 Å². The monoisotopic (exact) mass is 310 g/mol. The van der Waals surface area contributed by atoms with Crippen LogP contribution in [0.2, 0.25) is 0 Å². The van der Waals surface area contributed by atoms with Crippen molar-refractivity contribution in [3.8, 4) is 0 Å². The highest BCUT2D eigenvalue weighted by Crippen LogP contribution is 2.16. The van der Waals surface area contributed by atoms with Gasteiger partial charge in [-0.25, -0.2) is 9.59 Å². The first kappa shape index (κ1) is 16.8. The van der Waals surface area contributed by atoms with Crippen molar-refractivity contribution in [2.75, 3.05) is 26.2 Å². The minimum atomic E-state index is -0.318. The van der Waals surface area contributed by atoms with Gasteiger partial charge in [0.2, 0.25) is 0 Å². The number of amides is 2. The number of esters is 1. The highest BCUT2D eigenvalue weighted by atomic mass is 16.5. The molecule has 3 N–H and O–H groups in total. The maximum atomic E-state index is 12.3. The van der Waals surface area contributed by atoms with Gasteiger partial charge in [0.25, 0.3) is 0 Å². The van der Waals surface area contributed by atoms with E-state index in [0.717, 1.165) is 18.8 Å². The summed E-state index contributed by atoms with van der Waals surface area (Å²) in [5.74, 6) is 0.371. The zero-order valence-corrected chi connectivity index (χ0v) is 13.8.